The van der Waals surface area contributed by atoms with Gasteiger partial charge in [0.25, 0.3) is 0 Å². The summed E-state index contributed by atoms with van der Waals surface area (Å²) in [5.74, 6) is 0. The van der Waals surface area contributed by atoms with E-state index in [0.29, 0.717) is 10.0 Å². The van der Waals surface area contributed by atoms with Crippen molar-refractivity contribution in [1.29, 1.82) is 0 Å². The van der Waals surface area contributed by atoms with Crippen molar-refractivity contribution in [1.82, 2.24) is 0 Å². The molecule has 0 saturated heterocycles. The SMILES string of the molecule is Cc1cc(Cl)ccc1-c1cc(Cl)cc(CN=[N+]=[N-])c1. The van der Waals surface area contributed by atoms with Crippen LogP contribution in [0.5, 0.6) is 0 Å². The molecule has 0 amide bonds. The van der Waals surface area contributed by atoms with Gasteiger partial charge in [0, 0.05) is 15.0 Å². The van der Waals surface area contributed by atoms with Gasteiger partial charge in [0.1, 0.15) is 0 Å². The first-order chi connectivity index (χ1) is 9.10. The maximum Gasteiger partial charge on any atom is 0.0511 e. The lowest BCUT2D eigenvalue weighted by Crippen LogP contribution is -1.87. The van der Waals surface area contributed by atoms with Gasteiger partial charge in [-0.3, -0.25) is 0 Å². The second-order valence-electron chi connectivity index (χ2n) is 4.20. The second-order valence-corrected chi connectivity index (χ2v) is 5.07. The first-order valence-electron chi connectivity index (χ1n) is 5.67. The van der Waals surface area contributed by atoms with Gasteiger partial charge in [-0.05, 0) is 59.0 Å². The Morgan fingerprint density at radius 3 is 2.58 bits per heavy atom. The predicted molar refractivity (Wildman–Crippen MR) is 79.5 cm³/mol. The molecule has 0 radical (unpaired) electrons. The van der Waals surface area contributed by atoms with Crippen molar-refractivity contribution in [2.75, 3.05) is 0 Å². The fraction of sp³-hybridized carbons (Fsp3) is 0.143. The number of azide groups is 1. The number of benzene rings is 2. The lowest BCUT2D eigenvalue weighted by atomic mass is 9.99. The molecule has 0 heterocycles. The molecule has 0 atom stereocenters. The van der Waals surface area contributed by atoms with Crippen LogP contribution in [0.2, 0.25) is 10.0 Å². The van der Waals surface area contributed by atoms with Gasteiger partial charge < -0.3 is 0 Å². The van der Waals surface area contributed by atoms with Crippen LogP contribution in [-0.2, 0) is 6.54 Å². The molecule has 2 aromatic carbocycles. The largest absolute Gasteiger partial charge is 0.0893 e. The molecule has 0 fully saturated rings. The molecule has 0 N–H and O–H groups in total. The summed E-state index contributed by atoms with van der Waals surface area (Å²) in [6.07, 6.45) is 0. The average Bonchev–Trinajstić information content (AvgIpc) is 2.35. The third-order valence-electron chi connectivity index (χ3n) is 2.77. The van der Waals surface area contributed by atoms with Crippen LogP contribution in [0.1, 0.15) is 11.1 Å². The topological polar surface area (TPSA) is 48.8 Å². The molecular weight excluding hydrogens is 281 g/mol. The molecule has 0 bridgehead atoms. The Hall–Kier alpha value is -1.67. The Labute approximate surface area is 121 Å². The van der Waals surface area contributed by atoms with E-state index in [1.54, 1.807) is 6.07 Å². The summed E-state index contributed by atoms with van der Waals surface area (Å²) in [7, 11) is 0. The van der Waals surface area contributed by atoms with Crippen LogP contribution < -0.4 is 0 Å². The Kier molecular flexibility index (Phi) is 4.33. The van der Waals surface area contributed by atoms with Gasteiger partial charge in [-0.15, -0.1) is 0 Å². The van der Waals surface area contributed by atoms with Gasteiger partial charge in [-0.25, -0.2) is 0 Å². The van der Waals surface area contributed by atoms with Crippen molar-refractivity contribution in [2.45, 2.75) is 13.5 Å². The summed E-state index contributed by atoms with van der Waals surface area (Å²) in [6, 6.07) is 11.4. The van der Waals surface area contributed by atoms with Crippen molar-refractivity contribution < 1.29 is 0 Å². The Morgan fingerprint density at radius 1 is 1.11 bits per heavy atom. The summed E-state index contributed by atoms with van der Waals surface area (Å²) in [5, 5.41) is 4.88. The van der Waals surface area contributed by atoms with E-state index in [1.165, 1.54) is 0 Å². The fourth-order valence-corrected chi connectivity index (χ4v) is 2.45. The molecule has 0 aromatic heterocycles. The number of hydrogen-bond donors (Lipinski definition) is 0. The van der Waals surface area contributed by atoms with E-state index in [1.807, 2.05) is 37.3 Å². The highest BCUT2D eigenvalue weighted by atomic mass is 35.5. The Morgan fingerprint density at radius 2 is 1.89 bits per heavy atom. The summed E-state index contributed by atoms with van der Waals surface area (Å²) in [6.45, 7) is 2.28. The van der Waals surface area contributed by atoms with Gasteiger partial charge in [-0.2, -0.15) is 0 Å². The number of hydrogen-bond acceptors (Lipinski definition) is 1. The number of rotatable bonds is 3. The molecule has 0 aliphatic carbocycles. The van der Waals surface area contributed by atoms with Gasteiger partial charge in [0.15, 0.2) is 0 Å². The van der Waals surface area contributed by atoms with Crippen LogP contribution in [-0.4, -0.2) is 0 Å². The van der Waals surface area contributed by atoms with Crippen LogP contribution in [0.25, 0.3) is 21.6 Å². The highest BCUT2D eigenvalue weighted by Crippen LogP contribution is 2.29. The zero-order chi connectivity index (χ0) is 13.8. The summed E-state index contributed by atoms with van der Waals surface area (Å²) >= 11 is 12.1. The monoisotopic (exact) mass is 291 g/mol. The van der Waals surface area contributed by atoms with Crippen LogP contribution >= 0.6 is 23.2 Å². The predicted octanol–water partition coefficient (Wildman–Crippen LogP) is 5.78. The molecule has 19 heavy (non-hydrogen) atoms. The van der Waals surface area contributed by atoms with E-state index < -0.39 is 0 Å². The van der Waals surface area contributed by atoms with Gasteiger partial charge in [-0.1, -0.05) is 40.4 Å². The maximum absolute atomic E-state index is 8.37. The number of aryl methyl sites for hydroxylation is 1. The Balaban J connectivity index is 2.49. The van der Waals surface area contributed by atoms with Crippen molar-refractivity contribution in [3.63, 3.8) is 0 Å². The molecule has 0 unspecified atom stereocenters. The second kappa shape index (κ2) is 5.98. The quantitative estimate of drug-likeness (QED) is 0.391. The molecule has 0 saturated carbocycles. The Bertz CT molecular complexity index is 662. The van der Waals surface area contributed by atoms with E-state index in [4.69, 9.17) is 28.7 Å². The van der Waals surface area contributed by atoms with Gasteiger partial charge in [0.2, 0.25) is 0 Å². The van der Waals surface area contributed by atoms with Gasteiger partial charge in [0.05, 0.1) is 6.54 Å². The molecule has 2 rings (SSSR count). The summed E-state index contributed by atoms with van der Waals surface area (Å²) in [5.41, 5.74) is 12.4. The zero-order valence-corrected chi connectivity index (χ0v) is 11.8. The van der Waals surface area contributed by atoms with E-state index in [9.17, 15) is 0 Å². The molecule has 2 aromatic rings. The fourth-order valence-electron chi connectivity index (χ4n) is 1.96. The minimum absolute atomic E-state index is 0.288. The highest BCUT2D eigenvalue weighted by molar-refractivity contribution is 6.31. The van der Waals surface area contributed by atoms with Crippen molar-refractivity contribution >= 4 is 23.2 Å². The first kappa shape index (κ1) is 13.8. The van der Waals surface area contributed by atoms with Crippen LogP contribution in [0, 0.1) is 6.92 Å². The highest BCUT2D eigenvalue weighted by Gasteiger charge is 2.05. The van der Waals surface area contributed by atoms with Crippen LogP contribution in [0.3, 0.4) is 0 Å². The van der Waals surface area contributed by atoms with Crippen LogP contribution in [0.15, 0.2) is 41.5 Å². The first-order valence-corrected chi connectivity index (χ1v) is 6.42. The van der Waals surface area contributed by atoms with Crippen molar-refractivity contribution in [3.8, 4) is 11.1 Å². The third-order valence-corrected chi connectivity index (χ3v) is 3.23. The van der Waals surface area contributed by atoms with E-state index >= 15 is 0 Å². The minimum Gasteiger partial charge on any atom is -0.0893 e. The zero-order valence-electron chi connectivity index (χ0n) is 10.3. The normalized spacial score (nSPS) is 10.1. The molecule has 5 heteroatoms. The number of nitrogens with zero attached hydrogens (tertiary/aromatic N) is 3. The smallest absolute Gasteiger partial charge is 0.0511 e. The lowest BCUT2D eigenvalue weighted by Gasteiger charge is -2.09. The molecule has 0 spiro atoms. The number of halogens is 2. The van der Waals surface area contributed by atoms with Crippen molar-refractivity contribution in [2.24, 2.45) is 5.11 Å². The molecular formula is C14H11Cl2N3. The van der Waals surface area contributed by atoms with E-state index in [2.05, 4.69) is 10.0 Å². The standard InChI is InChI=1S/C14H11Cl2N3/c1-9-4-12(15)2-3-14(9)11-5-10(8-18-19-17)6-13(16)7-11/h2-7H,8H2,1H3. The summed E-state index contributed by atoms with van der Waals surface area (Å²) in [4.78, 5) is 2.76. The summed E-state index contributed by atoms with van der Waals surface area (Å²) < 4.78 is 0. The maximum atomic E-state index is 8.37. The van der Waals surface area contributed by atoms with Crippen LogP contribution in [0.4, 0.5) is 0 Å². The van der Waals surface area contributed by atoms with Crippen molar-refractivity contribution in [3.05, 3.63) is 68.0 Å². The molecule has 96 valence electrons. The molecule has 3 nitrogen and oxygen atoms in total. The average molecular weight is 292 g/mol. The van der Waals surface area contributed by atoms with Gasteiger partial charge >= 0.3 is 0 Å². The molecule has 0 aliphatic rings. The molecule has 0 aliphatic heterocycles. The minimum atomic E-state index is 0.288. The third kappa shape index (κ3) is 3.42. The van der Waals surface area contributed by atoms with E-state index in [-0.39, 0.29) is 6.54 Å². The lowest BCUT2D eigenvalue weighted by molar-refractivity contribution is 1.05. The van der Waals surface area contributed by atoms with E-state index in [0.717, 1.165) is 22.3 Å².